The standard InChI is InChI=1S/C15H14N2O2/c1-9-3-4-11(7-10(9)2)13-14(17-19-15(13)16)12-5-6-18-8-12/h3-8H,16H2,1-2H3. The van der Waals surface area contributed by atoms with Gasteiger partial charge in [-0.25, -0.2) is 0 Å². The molecule has 0 aliphatic rings. The van der Waals surface area contributed by atoms with Gasteiger partial charge < -0.3 is 14.7 Å². The predicted molar refractivity (Wildman–Crippen MR) is 73.5 cm³/mol. The summed E-state index contributed by atoms with van der Waals surface area (Å²) in [6, 6.07) is 8.01. The van der Waals surface area contributed by atoms with E-state index in [2.05, 4.69) is 31.1 Å². The number of hydrogen-bond acceptors (Lipinski definition) is 4. The van der Waals surface area contributed by atoms with Crippen LogP contribution in [0.25, 0.3) is 22.4 Å². The van der Waals surface area contributed by atoms with E-state index in [4.69, 9.17) is 14.7 Å². The second-order valence-electron chi connectivity index (χ2n) is 4.58. The van der Waals surface area contributed by atoms with E-state index >= 15 is 0 Å². The van der Waals surface area contributed by atoms with Gasteiger partial charge in [-0.05, 0) is 36.6 Å². The van der Waals surface area contributed by atoms with Crippen LogP contribution in [0.4, 0.5) is 5.88 Å². The lowest BCUT2D eigenvalue weighted by atomic mass is 9.98. The molecule has 19 heavy (non-hydrogen) atoms. The van der Waals surface area contributed by atoms with Crippen LogP contribution in [0.1, 0.15) is 11.1 Å². The summed E-state index contributed by atoms with van der Waals surface area (Å²) in [4.78, 5) is 0. The molecule has 0 radical (unpaired) electrons. The predicted octanol–water partition coefficient (Wildman–Crippen LogP) is 3.80. The molecule has 0 amide bonds. The molecule has 0 spiro atoms. The molecule has 96 valence electrons. The summed E-state index contributed by atoms with van der Waals surface area (Å²) in [7, 11) is 0. The molecule has 4 nitrogen and oxygen atoms in total. The number of benzene rings is 1. The molecule has 0 atom stereocenters. The van der Waals surface area contributed by atoms with Crippen LogP contribution in [0, 0.1) is 13.8 Å². The number of aromatic nitrogens is 1. The van der Waals surface area contributed by atoms with Crippen molar-refractivity contribution in [3.05, 3.63) is 47.9 Å². The fourth-order valence-corrected chi connectivity index (χ4v) is 2.07. The maximum Gasteiger partial charge on any atom is 0.230 e. The van der Waals surface area contributed by atoms with E-state index < -0.39 is 0 Å². The number of rotatable bonds is 2. The quantitative estimate of drug-likeness (QED) is 0.755. The SMILES string of the molecule is Cc1ccc(-c2c(-c3ccoc3)noc2N)cc1C. The average molecular weight is 254 g/mol. The number of nitrogens with zero attached hydrogens (tertiary/aromatic N) is 1. The number of furan rings is 1. The lowest BCUT2D eigenvalue weighted by Gasteiger charge is -2.05. The van der Waals surface area contributed by atoms with Crippen molar-refractivity contribution in [2.75, 3.05) is 5.73 Å². The van der Waals surface area contributed by atoms with Gasteiger partial charge in [-0.2, -0.15) is 0 Å². The summed E-state index contributed by atoms with van der Waals surface area (Å²) in [5, 5.41) is 4.03. The minimum Gasteiger partial charge on any atom is -0.472 e. The van der Waals surface area contributed by atoms with E-state index in [0.717, 1.165) is 16.7 Å². The molecule has 0 saturated heterocycles. The Balaban J connectivity index is 2.19. The summed E-state index contributed by atoms with van der Waals surface area (Å²) in [6.07, 6.45) is 3.23. The zero-order valence-corrected chi connectivity index (χ0v) is 10.8. The van der Waals surface area contributed by atoms with E-state index in [1.54, 1.807) is 12.5 Å². The summed E-state index contributed by atoms with van der Waals surface area (Å²) >= 11 is 0. The third-order valence-electron chi connectivity index (χ3n) is 3.31. The van der Waals surface area contributed by atoms with Gasteiger partial charge in [0.2, 0.25) is 5.88 Å². The highest BCUT2D eigenvalue weighted by Crippen LogP contribution is 2.36. The third kappa shape index (κ3) is 1.91. The first-order valence-corrected chi connectivity index (χ1v) is 6.02. The molecule has 3 rings (SSSR count). The van der Waals surface area contributed by atoms with Crippen molar-refractivity contribution in [2.45, 2.75) is 13.8 Å². The van der Waals surface area contributed by atoms with Crippen molar-refractivity contribution in [1.82, 2.24) is 5.16 Å². The number of hydrogen-bond donors (Lipinski definition) is 1. The molecule has 0 saturated carbocycles. The van der Waals surface area contributed by atoms with Crippen LogP contribution < -0.4 is 5.73 Å². The molecule has 3 aromatic rings. The van der Waals surface area contributed by atoms with Gasteiger partial charge in [0.1, 0.15) is 5.69 Å². The fourth-order valence-electron chi connectivity index (χ4n) is 2.07. The van der Waals surface area contributed by atoms with Crippen molar-refractivity contribution in [3.8, 4) is 22.4 Å². The van der Waals surface area contributed by atoms with Gasteiger partial charge >= 0.3 is 0 Å². The van der Waals surface area contributed by atoms with Crippen LogP contribution in [0.15, 0.2) is 45.7 Å². The first-order valence-electron chi connectivity index (χ1n) is 6.02. The van der Waals surface area contributed by atoms with Crippen LogP contribution in [0.2, 0.25) is 0 Å². The Morgan fingerprint density at radius 2 is 1.89 bits per heavy atom. The molecule has 0 fully saturated rings. The first-order chi connectivity index (χ1) is 9.16. The van der Waals surface area contributed by atoms with Gasteiger partial charge in [-0.1, -0.05) is 23.4 Å². The van der Waals surface area contributed by atoms with Crippen molar-refractivity contribution in [3.63, 3.8) is 0 Å². The number of aryl methyl sites for hydroxylation is 2. The summed E-state index contributed by atoms with van der Waals surface area (Å²) in [5.41, 5.74) is 11.7. The van der Waals surface area contributed by atoms with E-state index in [9.17, 15) is 0 Å². The molecule has 0 bridgehead atoms. The molecule has 0 aliphatic carbocycles. The van der Waals surface area contributed by atoms with E-state index in [-0.39, 0.29) is 0 Å². The van der Waals surface area contributed by atoms with Crippen LogP contribution in [0.5, 0.6) is 0 Å². The zero-order chi connectivity index (χ0) is 13.4. The molecule has 0 aliphatic heterocycles. The molecule has 2 aromatic heterocycles. The normalized spacial score (nSPS) is 10.8. The Bertz CT molecular complexity index is 712. The van der Waals surface area contributed by atoms with Crippen LogP contribution in [-0.2, 0) is 0 Å². The van der Waals surface area contributed by atoms with Gasteiger partial charge in [0.15, 0.2) is 0 Å². The maximum absolute atomic E-state index is 5.91. The Morgan fingerprint density at radius 3 is 2.58 bits per heavy atom. The van der Waals surface area contributed by atoms with E-state index in [0.29, 0.717) is 11.6 Å². The molecule has 0 unspecified atom stereocenters. The Labute approximate surface area is 110 Å². The maximum atomic E-state index is 5.91. The molecule has 2 N–H and O–H groups in total. The Kier molecular flexibility index (Phi) is 2.63. The molecule has 4 heteroatoms. The van der Waals surface area contributed by atoms with E-state index in [1.165, 1.54) is 11.1 Å². The fraction of sp³-hybridized carbons (Fsp3) is 0.133. The number of nitrogens with two attached hydrogens (primary N) is 1. The van der Waals surface area contributed by atoms with Gasteiger partial charge in [0.05, 0.1) is 18.1 Å². The number of nitrogen functional groups attached to an aromatic ring is 1. The van der Waals surface area contributed by atoms with Crippen molar-refractivity contribution >= 4 is 5.88 Å². The van der Waals surface area contributed by atoms with Gasteiger partial charge in [0, 0.05) is 5.56 Å². The molecule has 2 heterocycles. The summed E-state index contributed by atoms with van der Waals surface area (Å²) in [5.74, 6) is 0.319. The number of anilines is 1. The van der Waals surface area contributed by atoms with Crippen molar-refractivity contribution < 1.29 is 8.94 Å². The lowest BCUT2D eigenvalue weighted by Crippen LogP contribution is -1.89. The molecular weight excluding hydrogens is 240 g/mol. The van der Waals surface area contributed by atoms with Crippen LogP contribution in [0.3, 0.4) is 0 Å². The van der Waals surface area contributed by atoms with Crippen LogP contribution >= 0.6 is 0 Å². The summed E-state index contributed by atoms with van der Waals surface area (Å²) in [6.45, 7) is 4.15. The van der Waals surface area contributed by atoms with Gasteiger partial charge in [-0.15, -0.1) is 0 Å². The highest BCUT2D eigenvalue weighted by atomic mass is 16.5. The molecule has 1 aromatic carbocycles. The smallest absolute Gasteiger partial charge is 0.230 e. The van der Waals surface area contributed by atoms with Crippen LogP contribution in [-0.4, -0.2) is 5.16 Å². The summed E-state index contributed by atoms with van der Waals surface area (Å²) < 4.78 is 10.2. The lowest BCUT2D eigenvalue weighted by molar-refractivity contribution is 0.439. The topological polar surface area (TPSA) is 65.2 Å². The zero-order valence-electron chi connectivity index (χ0n) is 10.8. The average Bonchev–Trinajstić information content (AvgIpc) is 3.01. The second kappa shape index (κ2) is 4.31. The van der Waals surface area contributed by atoms with Crippen molar-refractivity contribution in [1.29, 1.82) is 0 Å². The minimum atomic E-state index is 0.319. The van der Waals surface area contributed by atoms with Gasteiger partial charge in [0.25, 0.3) is 0 Å². The Hall–Kier alpha value is -2.49. The first kappa shape index (κ1) is 11.6. The van der Waals surface area contributed by atoms with Gasteiger partial charge in [-0.3, -0.25) is 0 Å². The molecular formula is C15H14N2O2. The monoisotopic (exact) mass is 254 g/mol. The minimum absolute atomic E-state index is 0.319. The Morgan fingerprint density at radius 1 is 1.05 bits per heavy atom. The largest absolute Gasteiger partial charge is 0.472 e. The second-order valence-corrected chi connectivity index (χ2v) is 4.58. The van der Waals surface area contributed by atoms with Crippen molar-refractivity contribution in [2.24, 2.45) is 0 Å². The highest BCUT2D eigenvalue weighted by Gasteiger charge is 2.18. The van der Waals surface area contributed by atoms with E-state index in [1.807, 2.05) is 12.1 Å². The highest BCUT2D eigenvalue weighted by molar-refractivity contribution is 5.86. The third-order valence-corrected chi connectivity index (χ3v) is 3.31.